The molecule has 160 valence electrons. The molecule has 0 radical (unpaired) electrons. The molecule has 2 aromatic carbocycles. The number of carbonyl (C=O) groups is 1. The highest BCUT2D eigenvalue weighted by Gasteiger charge is 2.50. The second kappa shape index (κ2) is 9.76. The van der Waals surface area contributed by atoms with Crippen LogP contribution in [0.25, 0.3) is 0 Å². The maximum absolute atomic E-state index is 12.4. The molecule has 2 aliphatic heterocycles. The lowest BCUT2D eigenvalue weighted by atomic mass is 9.98. The third-order valence-corrected chi connectivity index (χ3v) is 5.64. The van der Waals surface area contributed by atoms with Crippen LogP contribution in [0.5, 0.6) is 0 Å². The molecule has 2 fully saturated rings. The maximum atomic E-state index is 12.4. The van der Waals surface area contributed by atoms with Crippen molar-refractivity contribution < 1.29 is 28.5 Å². The first kappa shape index (κ1) is 21.1. The first-order valence-corrected chi connectivity index (χ1v) is 10.2. The summed E-state index contributed by atoms with van der Waals surface area (Å²) in [4.78, 5) is 12.4. The molecule has 1 N–H and O–H groups in total. The van der Waals surface area contributed by atoms with Gasteiger partial charge in [0.1, 0.15) is 24.9 Å². The molecule has 2 aromatic rings. The highest BCUT2D eigenvalue weighted by atomic mass is 35.5. The van der Waals surface area contributed by atoms with E-state index in [0.717, 1.165) is 11.1 Å². The Morgan fingerprint density at radius 1 is 1.10 bits per heavy atom. The lowest BCUT2D eigenvalue weighted by Crippen LogP contribution is -2.65. The smallest absolute Gasteiger partial charge is 0.407 e. The van der Waals surface area contributed by atoms with E-state index in [9.17, 15) is 4.79 Å². The third-order valence-electron chi connectivity index (χ3n) is 5.12. The van der Waals surface area contributed by atoms with Crippen molar-refractivity contribution in [2.75, 3.05) is 13.7 Å². The molecule has 8 heteroatoms. The second-order valence-corrected chi connectivity index (χ2v) is 7.64. The third kappa shape index (κ3) is 4.77. The van der Waals surface area contributed by atoms with Gasteiger partial charge in [-0.05, 0) is 5.56 Å². The number of halogens is 1. The molecule has 2 saturated heterocycles. The van der Waals surface area contributed by atoms with E-state index < -0.39 is 42.3 Å². The fraction of sp³-hybridized carbons (Fsp3) is 0.409. The normalized spacial score (nSPS) is 30.9. The molecule has 0 spiro atoms. The minimum absolute atomic E-state index is 0.150. The van der Waals surface area contributed by atoms with Gasteiger partial charge in [-0.15, -0.1) is 11.6 Å². The highest BCUT2D eigenvalue weighted by Crippen LogP contribution is 2.36. The molecule has 1 amide bonds. The van der Waals surface area contributed by atoms with Gasteiger partial charge in [0.05, 0.1) is 12.0 Å². The van der Waals surface area contributed by atoms with Crippen LogP contribution in [0.1, 0.15) is 17.4 Å². The summed E-state index contributed by atoms with van der Waals surface area (Å²) in [5, 5.41) is 2.16. The zero-order valence-corrected chi connectivity index (χ0v) is 17.2. The summed E-state index contributed by atoms with van der Waals surface area (Å²) in [6.07, 6.45) is -2.81. The van der Waals surface area contributed by atoms with E-state index >= 15 is 0 Å². The van der Waals surface area contributed by atoms with E-state index in [-0.39, 0.29) is 6.61 Å². The summed E-state index contributed by atoms with van der Waals surface area (Å²) in [5.74, 6) is 0. The van der Waals surface area contributed by atoms with E-state index in [4.69, 9.17) is 35.3 Å². The average Bonchev–Trinajstić information content (AvgIpc) is 2.80. The number of nitrogens with one attached hydrogen (secondary N) is 1. The minimum atomic E-state index is -0.751. The number of fused-ring (bicyclic) bond motifs is 1. The van der Waals surface area contributed by atoms with Crippen molar-refractivity contribution in [2.45, 2.75) is 42.8 Å². The van der Waals surface area contributed by atoms with Crippen LogP contribution >= 0.6 is 11.6 Å². The number of alkyl halides is 1. The number of alkyl carbamates (subject to hydrolysis) is 1. The van der Waals surface area contributed by atoms with Crippen LogP contribution in [-0.2, 0) is 30.3 Å². The van der Waals surface area contributed by atoms with Crippen LogP contribution in [-0.4, -0.2) is 49.7 Å². The number of carbonyl (C=O) groups excluding carboxylic acids is 1. The van der Waals surface area contributed by atoms with Crippen LogP contribution in [0, 0.1) is 0 Å². The molecule has 0 aromatic heterocycles. The minimum Gasteiger partial charge on any atom is -0.445 e. The van der Waals surface area contributed by atoms with Gasteiger partial charge in [0, 0.05) is 12.7 Å². The predicted octanol–water partition coefficient (Wildman–Crippen LogP) is 3.37. The molecule has 30 heavy (non-hydrogen) atoms. The van der Waals surface area contributed by atoms with Gasteiger partial charge in [-0.3, -0.25) is 0 Å². The van der Waals surface area contributed by atoms with Gasteiger partial charge < -0.3 is 29.0 Å². The molecular weight excluding hydrogens is 410 g/mol. The molecule has 0 bridgehead atoms. The maximum Gasteiger partial charge on any atom is 0.407 e. The van der Waals surface area contributed by atoms with Crippen molar-refractivity contribution in [2.24, 2.45) is 0 Å². The fourth-order valence-electron chi connectivity index (χ4n) is 3.59. The number of hydrogen-bond acceptors (Lipinski definition) is 6. The lowest BCUT2D eigenvalue weighted by Gasteiger charge is -2.47. The summed E-state index contributed by atoms with van der Waals surface area (Å²) in [6.45, 7) is 0.454. The van der Waals surface area contributed by atoms with Crippen molar-refractivity contribution in [3.8, 4) is 0 Å². The first-order chi connectivity index (χ1) is 14.7. The summed E-state index contributed by atoms with van der Waals surface area (Å²) >= 11 is 6.73. The number of rotatable bonds is 5. The van der Waals surface area contributed by atoms with Crippen LogP contribution in [0.15, 0.2) is 60.7 Å². The molecule has 7 nitrogen and oxygen atoms in total. The first-order valence-electron chi connectivity index (χ1n) is 9.77. The Bertz CT molecular complexity index is 823. The van der Waals surface area contributed by atoms with Gasteiger partial charge in [0.2, 0.25) is 0 Å². The van der Waals surface area contributed by atoms with Gasteiger partial charge in [0.15, 0.2) is 12.6 Å². The molecule has 0 saturated carbocycles. The van der Waals surface area contributed by atoms with Crippen molar-refractivity contribution in [1.82, 2.24) is 5.32 Å². The standard InChI is InChI=1S/C22H24ClNO6/c1-26-21-18(24-22(25)28-12-14-8-4-2-5-9-14)17(23)19-16(29-21)13-27-20(30-19)15-10-6-3-7-11-15/h2-11,16-21H,12-13H2,1H3,(H,24,25)/t16-,17+,18-,19-,20?,21+/m1/s1. The monoisotopic (exact) mass is 433 g/mol. The Morgan fingerprint density at radius 3 is 2.50 bits per heavy atom. The average molecular weight is 434 g/mol. The summed E-state index contributed by atoms with van der Waals surface area (Å²) < 4.78 is 28.6. The number of methoxy groups -OCH3 is 1. The highest BCUT2D eigenvalue weighted by molar-refractivity contribution is 6.21. The van der Waals surface area contributed by atoms with E-state index in [1.165, 1.54) is 7.11 Å². The molecule has 2 heterocycles. The number of ether oxygens (including phenoxy) is 5. The van der Waals surface area contributed by atoms with Crippen molar-refractivity contribution in [1.29, 1.82) is 0 Å². The van der Waals surface area contributed by atoms with Gasteiger partial charge >= 0.3 is 6.09 Å². The van der Waals surface area contributed by atoms with Crippen LogP contribution in [0.3, 0.4) is 0 Å². The summed E-state index contributed by atoms with van der Waals surface area (Å²) in [5.41, 5.74) is 1.78. The number of benzene rings is 2. The van der Waals surface area contributed by atoms with Gasteiger partial charge in [-0.1, -0.05) is 60.7 Å². The molecular formula is C22H24ClNO6. The van der Waals surface area contributed by atoms with Gasteiger partial charge in [0.25, 0.3) is 0 Å². The zero-order chi connectivity index (χ0) is 20.9. The Kier molecular flexibility index (Phi) is 6.86. The van der Waals surface area contributed by atoms with Crippen LogP contribution in [0.4, 0.5) is 4.79 Å². The number of hydrogen-bond donors (Lipinski definition) is 1. The van der Waals surface area contributed by atoms with Crippen molar-refractivity contribution >= 4 is 17.7 Å². The zero-order valence-electron chi connectivity index (χ0n) is 16.5. The van der Waals surface area contributed by atoms with Crippen LogP contribution < -0.4 is 5.32 Å². The molecule has 4 rings (SSSR count). The van der Waals surface area contributed by atoms with Crippen molar-refractivity contribution in [3.05, 3.63) is 71.8 Å². The Labute approximate surface area is 180 Å². The molecule has 6 atom stereocenters. The van der Waals surface area contributed by atoms with Gasteiger partial charge in [-0.25, -0.2) is 4.79 Å². The van der Waals surface area contributed by atoms with Crippen LogP contribution in [0.2, 0.25) is 0 Å². The van der Waals surface area contributed by atoms with Crippen molar-refractivity contribution in [3.63, 3.8) is 0 Å². The molecule has 2 aliphatic rings. The topological polar surface area (TPSA) is 75.3 Å². The SMILES string of the molecule is CO[C@H]1O[C@@H]2COC(c3ccccc3)O[C@H]2[C@@H](Cl)[C@H]1NC(=O)OCc1ccccc1. The number of amides is 1. The second-order valence-electron chi connectivity index (χ2n) is 7.13. The lowest BCUT2D eigenvalue weighted by molar-refractivity contribution is -0.316. The Morgan fingerprint density at radius 2 is 1.80 bits per heavy atom. The van der Waals surface area contributed by atoms with E-state index in [0.29, 0.717) is 6.61 Å². The molecule has 1 unspecified atom stereocenters. The fourth-order valence-corrected chi connectivity index (χ4v) is 3.99. The quantitative estimate of drug-likeness (QED) is 0.729. The Balaban J connectivity index is 1.40. The largest absolute Gasteiger partial charge is 0.445 e. The van der Waals surface area contributed by atoms with E-state index in [1.807, 2.05) is 60.7 Å². The van der Waals surface area contributed by atoms with E-state index in [1.54, 1.807) is 0 Å². The Hall–Kier alpha value is -2.16. The molecule has 0 aliphatic carbocycles. The summed E-state index contributed by atoms with van der Waals surface area (Å²) in [6, 6.07) is 18.4. The van der Waals surface area contributed by atoms with E-state index in [2.05, 4.69) is 5.32 Å². The van der Waals surface area contributed by atoms with Gasteiger partial charge in [-0.2, -0.15) is 0 Å². The predicted molar refractivity (Wildman–Crippen MR) is 109 cm³/mol. The summed E-state index contributed by atoms with van der Waals surface area (Å²) in [7, 11) is 1.50.